The van der Waals surface area contributed by atoms with Gasteiger partial charge in [-0.05, 0) is 42.8 Å². The maximum Gasteiger partial charge on any atom is 0.165 e. The van der Waals surface area contributed by atoms with Gasteiger partial charge in [-0.25, -0.2) is 9.97 Å². The molecule has 7 nitrogen and oxygen atoms in total. The van der Waals surface area contributed by atoms with Gasteiger partial charge in [0.1, 0.15) is 11.6 Å². The minimum absolute atomic E-state index is 0.154. The number of anilines is 1. The third-order valence-corrected chi connectivity index (χ3v) is 5.28. The maximum atomic E-state index is 10.6. The van der Waals surface area contributed by atoms with Crippen molar-refractivity contribution >= 4 is 16.7 Å². The summed E-state index contributed by atoms with van der Waals surface area (Å²) in [6, 6.07) is 13.8. The van der Waals surface area contributed by atoms with Crippen LogP contribution in [0.4, 0.5) is 5.82 Å². The van der Waals surface area contributed by atoms with Crippen molar-refractivity contribution in [2.45, 2.75) is 12.5 Å². The van der Waals surface area contributed by atoms with Gasteiger partial charge >= 0.3 is 0 Å². The Balaban J connectivity index is 1.63. The third-order valence-electron chi connectivity index (χ3n) is 5.28. The van der Waals surface area contributed by atoms with Crippen LogP contribution in [0.5, 0.6) is 5.75 Å². The van der Waals surface area contributed by atoms with Crippen LogP contribution in [0.15, 0.2) is 54.9 Å². The quantitative estimate of drug-likeness (QED) is 0.499. The Morgan fingerprint density at radius 1 is 1.14 bits per heavy atom. The standard InChI is InChI=1S/C22H22N6O/c1-28-13-15(11-24-28)14-6-7-20(29)18(10-14)22-26-19-5-3-2-4-17(19)21(27-22)25-16-8-9-23-12-16/h2-7,10-11,13,16,23,29H,8-9,12H2,1H3,(H,25,26,27)/t16-/m0/s1. The first-order valence-electron chi connectivity index (χ1n) is 9.74. The van der Waals surface area contributed by atoms with Crippen LogP contribution >= 0.6 is 0 Å². The molecule has 0 amide bonds. The molecule has 146 valence electrons. The van der Waals surface area contributed by atoms with E-state index in [1.165, 1.54) is 0 Å². The third kappa shape index (κ3) is 3.40. The number of aromatic nitrogens is 4. The van der Waals surface area contributed by atoms with Crippen LogP contribution in [0, 0.1) is 0 Å². The minimum Gasteiger partial charge on any atom is -0.507 e. The summed E-state index contributed by atoms with van der Waals surface area (Å²) in [6.45, 7) is 1.91. The number of hydrogen-bond donors (Lipinski definition) is 3. The molecule has 1 saturated heterocycles. The molecule has 0 saturated carbocycles. The fourth-order valence-electron chi connectivity index (χ4n) is 3.74. The van der Waals surface area contributed by atoms with E-state index in [2.05, 4.69) is 15.7 Å². The second kappa shape index (κ2) is 7.18. The number of aromatic hydroxyl groups is 1. The van der Waals surface area contributed by atoms with Gasteiger partial charge in [0, 0.05) is 36.8 Å². The summed E-state index contributed by atoms with van der Waals surface area (Å²) in [5.41, 5.74) is 3.38. The molecule has 29 heavy (non-hydrogen) atoms. The van der Waals surface area contributed by atoms with Crippen molar-refractivity contribution in [1.82, 2.24) is 25.1 Å². The van der Waals surface area contributed by atoms with Gasteiger partial charge in [0.15, 0.2) is 5.82 Å². The van der Waals surface area contributed by atoms with E-state index in [9.17, 15) is 5.11 Å². The molecule has 1 aliphatic heterocycles. The topological polar surface area (TPSA) is 87.9 Å². The van der Waals surface area contributed by atoms with E-state index in [1.54, 1.807) is 16.9 Å². The molecule has 3 N–H and O–H groups in total. The number of nitrogens with zero attached hydrogens (tertiary/aromatic N) is 4. The Morgan fingerprint density at radius 3 is 2.83 bits per heavy atom. The number of para-hydroxylation sites is 1. The van der Waals surface area contributed by atoms with Crippen LogP contribution in [-0.4, -0.2) is 44.0 Å². The first-order valence-corrected chi connectivity index (χ1v) is 9.74. The molecule has 1 atom stereocenters. The molecule has 3 heterocycles. The van der Waals surface area contributed by atoms with Crippen LogP contribution in [0.3, 0.4) is 0 Å². The predicted molar refractivity (Wildman–Crippen MR) is 114 cm³/mol. The predicted octanol–water partition coefficient (Wildman–Crippen LogP) is 3.18. The molecule has 1 aliphatic rings. The number of phenolic OH excluding ortho intramolecular Hbond substituents is 1. The number of rotatable bonds is 4. The van der Waals surface area contributed by atoms with E-state index < -0.39 is 0 Å². The van der Waals surface area contributed by atoms with Gasteiger partial charge in [-0.1, -0.05) is 18.2 Å². The highest BCUT2D eigenvalue weighted by Crippen LogP contribution is 2.34. The lowest BCUT2D eigenvalue weighted by atomic mass is 10.0. The summed E-state index contributed by atoms with van der Waals surface area (Å²) < 4.78 is 1.76. The lowest BCUT2D eigenvalue weighted by molar-refractivity contribution is 0.477. The first-order chi connectivity index (χ1) is 14.2. The Hall–Kier alpha value is -3.45. The average molecular weight is 386 g/mol. The van der Waals surface area contributed by atoms with Crippen LogP contribution in [-0.2, 0) is 7.05 Å². The van der Waals surface area contributed by atoms with Crippen molar-refractivity contribution < 1.29 is 5.11 Å². The Labute approximate surface area is 168 Å². The van der Waals surface area contributed by atoms with E-state index in [4.69, 9.17) is 9.97 Å². The second-order valence-electron chi connectivity index (χ2n) is 7.38. The highest BCUT2D eigenvalue weighted by atomic mass is 16.3. The molecule has 0 bridgehead atoms. The van der Waals surface area contributed by atoms with Crippen molar-refractivity contribution in [2.24, 2.45) is 7.05 Å². The second-order valence-corrected chi connectivity index (χ2v) is 7.38. The molecule has 2 aromatic heterocycles. The normalized spacial score (nSPS) is 16.4. The molecule has 4 aromatic rings. The zero-order valence-corrected chi connectivity index (χ0v) is 16.1. The summed E-state index contributed by atoms with van der Waals surface area (Å²) >= 11 is 0. The number of phenols is 1. The van der Waals surface area contributed by atoms with Gasteiger partial charge in [-0.2, -0.15) is 5.10 Å². The van der Waals surface area contributed by atoms with Crippen molar-refractivity contribution in [3.05, 3.63) is 54.9 Å². The molecule has 1 fully saturated rings. The van der Waals surface area contributed by atoms with Crippen molar-refractivity contribution in [2.75, 3.05) is 18.4 Å². The number of nitrogens with one attached hydrogen (secondary N) is 2. The zero-order chi connectivity index (χ0) is 19.8. The van der Waals surface area contributed by atoms with Crippen molar-refractivity contribution in [3.8, 4) is 28.3 Å². The number of benzene rings is 2. The van der Waals surface area contributed by atoms with E-state index >= 15 is 0 Å². The molecule has 0 spiro atoms. The minimum atomic E-state index is 0.154. The fourth-order valence-corrected chi connectivity index (χ4v) is 3.74. The SMILES string of the molecule is Cn1cc(-c2ccc(O)c(-c3nc(N[C@H]4CCNC4)c4ccccc4n3)c2)cn1. The molecular formula is C22H22N6O. The molecule has 0 aliphatic carbocycles. The van der Waals surface area contributed by atoms with Gasteiger partial charge < -0.3 is 15.7 Å². The smallest absolute Gasteiger partial charge is 0.165 e. The average Bonchev–Trinajstić information content (AvgIpc) is 3.40. The molecule has 0 unspecified atom stereocenters. The largest absolute Gasteiger partial charge is 0.507 e. The van der Waals surface area contributed by atoms with Gasteiger partial charge in [-0.3, -0.25) is 4.68 Å². The molecule has 2 aromatic carbocycles. The lowest BCUT2D eigenvalue weighted by Gasteiger charge is -2.16. The van der Waals surface area contributed by atoms with E-state index in [-0.39, 0.29) is 5.75 Å². The van der Waals surface area contributed by atoms with Crippen LogP contribution in [0.25, 0.3) is 33.4 Å². The lowest BCUT2D eigenvalue weighted by Crippen LogP contribution is -2.23. The van der Waals surface area contributed by atoms with E-state index in [0.29, 0.717) is 17.4 Å². The van der Waals surface area contributed by atoms with Gasteiger partial charge in [0.25, 0.3) is 0 Å². The first kappa shape index (κ1) is 17.6. The van der Waals surface area contributed by atoms with Crippen molar-refractivity contribution in [3.63, 3.8) is 0 Å². The number of fused-ring (bicyclic) bond motifs is 1. The highest BCUT2D eigenvalue weighted by Gasteiger charge is 2.18. The molecule has 0 radical (unpaired) electrons. The molecule has 5 rings (SSSR count). The Bertz CT molecular complexity index is 1180. The van der Waals surface area contributed by atoms with E-state index in [0.717, 1.165) is 47.4 Å². The number of aryl methyl sites for hydroxylation is 1. The van der Waals surface area contributed by atoms with Crippen LogP contribution in [0.1, 0.15) is 6.42 Å². The van der Waals surface area contributed by atoms with Gasteiger partial charge in [-0.15, -0.1) is 0 Å². The summed E-state index contributed by atoms with van der Waals surface area (Å²) in [5, 5.41) is 22.7. The highest BCUT2D eigenvalue weighted by molar-refractivity contribution is 5.91. The molecule has 7 heteroatoms. The summed E-state index contributed by atoms with van der Waals surface area (Å²) in [4.78, 5) is 9.54. The summed E-state index contributed by atoms with van der Waals surface area (Å²) in [6.07, 6.45) is 4.80. The van der Waals surface area contributed by atoms with Gasteiger partial charge in [0.05, 0.1) is 17.3 Å². The monoisotopic (exact) mass is 386 g/mol. The zero-order valence-electron chi connectivity index (χ0n) is 16.1. The van der Waals surface area contributed by atoms with Crippen LogP contribution < -0.4 is 10.6 Å². The maximum absolute atomic E-state index is 10.6. The van der Waals surface area contributed by atoms with Crippen LogP contribution in [0.2, 0.25) is 0 Å². The molecular weight excluding hydrogens is 364 g/mol. The Morgan fingerprint density at radius 2 is 2.03 bits per heavy atom. The van der Waals surface area contributed by atoms with Crippen molar-refractivity contribution in [1.29, 1.82) is 0 Å². The van der Waals surface area contributed by atoms with E-state index in [1.807, 2.05) is 49.6 Å². The fraction of sp³-hybridized carbons (Fsp3) is 0.227. The Kier molecular flexibility index (Phi) is 4.37. The van der Waals surface area contributed by atoms with Gasteiger partial charge in [0.2, 0.25) is 0 Å². The summed E-state index contributed by atoms with van der Waals surface area (Å²) in [7, 11) is 1.88. The number of hydrogen-bond acceptors (Lipinski definition) is 6. The summed E-state index contributed by atoms with van der Waals surface area (Å²) in [5.74, 6) is 1.45.